The normalized spacial score (nSPS) is 10.8. The van der Waals surface area contributed by atoms with Gasteiger partial charge in [-0.25, -0.2) is 0 Å². The van der Waals surface area contributed by atoms with Crippen LogP contribution in [0.15, 0.2) is 79.0 Å². The van der Waals surface area contributed by atoms with Crippen molar-refractivity contribution in [3.05, 3.63) is 95.7 Å². The maximum atomic E-state index is 12.9. The Bertz CT molecular complexity index is 1440. The van der Waals surface area contributed by atoms with Crippen molar-refractivity contribution in [2.45, 2.75) is 27.0 Å². The first-order chi connectivity index (χ1) is 17.9. The minimum absolute atomic E-state index is 0.0712. The number of anilines is 1. The van der Waals surface area contributed by atoms with Gasteiger partial charge in [0.25, 0.3) is 11.8 Å². The van der Waals surface area contributed by atoms with Gasteiger partial charge in [-0.05, 0) is 67.9 Å². The van der Waals surface area contributed by atoms with Crippen molar-refractivity contribution in [2.24, 2.45) is 5.73 Å². The molecule has 8 nitrogen and oxygen atoms in total. The predicted molar refractivity (Wildman–Crippen MR) is 144 cm³/mol. The molecule has 1 aromatic heterocycles. The second kappa shape index (κ2) is 11.4. The summed E-state index contributed by atoms with van der Waals surface area (Å²) in [5, 5.41) is 3.87. The summed E-state index contributed by atoms with van der Waals surface area (Å²) in [6, 6.07) is 21.4. The number of fused-ring (bicyclic) bond motifs is 1. The molecule has 0 fully saturated rings. The van der Waals surface area contributed by atoms with Gasteiger partial charge in [-0.3, -0.25) is 14.4 Å². The van der Waals surface area contributed by atoms with Crippen LogP contribution in [0.5, 0.6) is 5.75 Å². The topological polar surface area (TPSA) is 107 Å². The zero-order chi connectivity index (χ0) is 26.4. The molecule has 0 bridgehead atoms. The van der Waals surface area contributed by atoms with E-state index in [2.05, 4.69) is 5.32 Å². The zero-order valence-electron chi connectivity index (χ0n) is 20.9. The lowest BCUT2D eigenvalue weighted by atomic mass is 10.1. The first-order valence-electron chi connectivity index (χ1n) is 12.2. The third kappa shape index (κ3) is 5.98. The molecule has 3 N–H and O–H groups in total. The molecule has 0 aliphatic rings. The Kier molecular flexibility index (Phi) is 7.88. The number of benzene rings is 3. The number of hydrogen-bond acceptors (Lipinski definition) is 4. The van der Waals surface area contributed by atoms with Gasteiger partial charge in [0.2, 0.25) is 5.91 Å². The number of ether oxygens (including phenoxy) is 1. The Morgan fingerprint density at radius 1 is 0.946 bits per heavy atom. The van der Waals surface area contributed by atoms with E-state index in [1.165, 1.54) is 0 Å². The van der Waals surface area contributed by atoms with Gasteiger partial charge in [-0.2, -0.15) is 0 Å². The van der Waals surface area contributed by atoms with Crippen LogP contribution < -0.4 is 15.8 Å². The number of primary amides is 1. The SMILES string of the molecule is CCN(CC)C(=O)Cn1ccc2cc(NC(=O)c3cccc(COc4ccccc4C(N)=O)c3)ccc21. The van der Waals surface area contributed by atoms with Crippen LogP contribution >= 0.6 is 0 Å². The molecule has 0 unspecified atom stereocenters. The number of rotatable bonds is 10. The minimum atomic E-state index is -0.563. The number of nitrogens with zero attached hydrogens (tertiary/aromatic N) is 2. The largest absolute Gasteiger partial charge is 0.488 e. The highest BCUT2D eigenvalue weighted by Crippen LogP contribution is 2.22. The maximum absolute atomic E-state index is 12.9. The molecule has 1 heterocycles. The number of nitrogens with one attached hydrogen (secondary N) is 1. The van der Waals surface area contributed by atoms with Gasteiger partial charge in [0.15, 0.2) is 0 Å². The van der Waals surface area contributed by atoms with Gasteiger partial charge in [-0.15, -0.1) is 0 Å². The van der Waals surface area contributed by atoms with Crippen molar-refractivity contribution >= 4 is 34.3 Å². The average molecular weight is 499 g/mol. The molecule has 0 atom stereocenters. The highest BCUT2D eigenvalue weighted by molar-refractivity contribution is 6.05. The van der Waals surface area contributed by atoms with Gasteiger partial charge in [0, 0.05) is 41.4 Å². The van der Waals surface area contributed by atoms with Crippen LogP contribution in [0.4, 0.5) is 5.69 Å². The van der Waals surface area contributed by atoms with Crippen molar-refractivity contribution < 1.29 is 19.1 Å². The number of aromatic nitrogens is 1. The number of hydrogen-bond donors (Lipinski definition) is 2. The molecule has 0 saturated carbocycles. The third-order valence-corrected chi connectivity index (χ3v) is 6.19. The number of carbonyl (C=O) groups is 3. The van der Waals surface area contributed by atoms with Gasteiger partial charge in [0.05, 0.1) is 5.56 Å². The minimum Gasteiger partial charge on any atom is -0.488 e. The zero-order valence-corrected chi connectivity index (χ0v) is 20.9. The Morgan fingerprint density at radius 3 is 2.49 bits per heavy atom. The second-order valence-electron chi connectivity index (χ2n) is 8.59. The fourth-order valence-corrected chi connectivity index (χ4v) is 4.20. The first-order valence-corrected chi connectivity index (χ1v) is 12.2. The summed E-state index contributed by atoms with van der Waals surface area (Å²) in [6.45, 7) is 5.75. The van der Waals surface area contributed by atoms with Crippen LogP contribution in [0.3, 0.4) is 0 Å². The van der Waals surface area contributed by atoms with Crippen LogP contribution in [0.1, 0.15) is 40.1 Å². The highest BCUT2D eigenvalue weighted by atomic mass is 16.5. The number of likely N-dealkylation sites (N-methyl/N-ethyl adjacent to an activating group) is 1. The predicted octanol–water partition coefficient (Wildman–Crippen LogP) is 4.44. The average Bonchev–Trinajstić information content (AvgIpc) is 3.30. The fourth-order valence-electron chi connectivity index (χ4n) is 4.20. The molecule has 0 radical (unpaired) electrons. The smallest absolute Gasteiger partial charge is 0.255 e. The van der Waals surface area contributed by atoms with E-state index >= 15 is 0 Å². The number of carbonyl (C=O) groups excluding carboxylic acids is 3. The Hall–Kier alpha value is -4.59. The lowest BCUT2D eigenvalue weighted by Gasteiger charge is -2.19. The van der Waals surface area contributed by atoms with Crippen molar-refractivity contribution in [3.63, 3.8) is 0 Å². The molecule has 4 rings (SSSR count). The van der Waals surface area contributed by atoms with Crippen LogP contribution in [0.25, 0.3) is 10.9 Å². The molecule has 0 aliphatic heterocycles. The molecule has 190 valence electrons. The van der Waals surface area contributed by atoms with E-state index in [1.807, 2.05) is 54.9 Å². The van der Waals surface area contributed by atoms with Crippen molar-refractivity contribution in [2.75, 3.05) is 18.4 Å². The number of para-hydroxylation sites is 1. The van der Waals surface area contributed by atoms with Crippen molar-refractivity contribution in [3.8, 4) is 5.75 Å². The summed E-state index contributed by atoms with van der Waals surface area (Å²) in [5.41, 5.74) is 8.55. The van der Waals surface area contributed by atoms with Crippen molar-refractivity contribution in [1.29, 1.82) is 0 Å². The molecule has 8 heteroatoms. The van der Waals surface area contributed by atoms with Gasteiger partial charge < -0.3 is 25.3 Å². The van der Waals surface area contributed by atoms with Gasteiger partial charge in [0.1, 0.15) is 18.9 Å². The summed E-state index contributed by atoms with van der Waals surface area (Å²) in [4.78, 5) is 38.9. The maximum Gasteiger partial charge on any atom is 0.255 e. The monoisotopic (exact) mass is 498 g/mol. The lowest BCUT2D eigenvalue weighted by Crippen LogP contribution is -2.33. The van der Waals surface area contributed by atoms with Crippen LogP contribution in [-0.4, -0.2) is 40.3 Å². The molecular weight excluding hydrogens is 468 g/mol. The molecule has 3 aromatic carbocycles. The quantitative estimate of drug-likeness (QED) is 0.337. The standard InChI is InChI=1S/C29H30N4O4/c1-3-32(4-2)27(34)18-33-15-14-21-17-23(12-13-25(21)33)31-29(36)22-9-7-8-20(16-22)19-37-26-11-6-5-10-24(26)28(30)35/h5-17H,3-4,18-19H2,1-2H3,(H2,30,35)(H,31,36). The first kappa shape index (κ1) is 25.5. The second-order valence-corrected chi connectivity index (χ2v) is 8.59. The van der Waals surface area contributed by atoms with E-state index in [-0.39, 0.29) is 25.0 Å². The molecule has 4 aromatic rings. The van der Waals surface area contributed by atoms with Crippen LogP contribution in [0.2, 0.25) is 0 Å². The van der Waals surface area contributed by atoms with Gasteiger partial charge >= 0.3 is 0 Å². The Labute approximate surface area is 215 Å². The Balaban J connectivity index is 1.43. The summed E-state index contributed by atoms with van der Waals surface area (Å²) in [6.07, 6.45) is 1.89. The number of amides is 3. The third-order valence-electron chi connectivity index (χ3n) is 6.19. The summed E-state index contributed by atoms with van der Waals surface area (Å²) in [7, 11) is 0. The lowest BCUT2D eigenvalue weighted by molar-refractivity contribution is -0.131. The molecule has 37 heavy (non-hydrogen) atoms. The Morgan fingerprint density at radius 2 is 1.73 bits per heavy atom. The van der Waals surface area contributed by atoms with E-state index < -0.39 is 5.91 Å². The molecule has 0 saturated heterocycles. The number of nitrogens with two attached hydrogens (primary N) is 1. The molecular formula is C29H30N4O4. The van der Waals surface area contributed by atoms with E-state index in [0.29, 0.717) is 35.7 Å². The van der Waals surface area contributed by atoms with Gasteiger partial charge in [-0.1, -0.05) is 24.3 Å². The van der Waals surface area contributed by atoms with Crippen LogP contribution in [0, 0.1) is 0 Å². The molecule has 0 aliphatic carbocycles. The highest BCUT2D eigenvalue weighted by Gasteiger charge is 2.13. The molecule has 3 amide bonds. The summed E-state index contributed by atoms with van der Waals surface area (Å²) < 4.78 is 7.70. The van der Waals surface area contributed by atoms with Crippen molar-refractivity contribution in [1.82, 2.24) is 9.47 Å². The van der Waals surface area contributed by atoms with Crippen LogP contribution in [-0.2, 0) is 17.9 Å². The van der Waals surface area contributed by atoms with E-state index in [0.717, 1.165) is 16.5 Å². The fraction of sp³-hybridized carbons (Fsp3) is 0.207. The summed E-state index contributed by atoms with van der Waals surface area (Å²) in [5.74, 6) is -0.354. The summed E-state index contributed by atoms with van der Waals surface area (Å²) >= 11 is 0. The molecule has 0 spiro atoms. The van der Waals surface area contributed by atoms with E-state index in [1.54, 1.807) is 47.4 Å². The van der Waals surface area contributed by atoms with E-state index in [4.69, 9.17) is 10.5 Å². The van der Waals surface area contributed by atoms with E-state index in [9.17, 15) is 14.4 Å².